The number of hydrogen-bond acceptors (Lipinski definition) is 3. The minimum atomic E-state index is -0.686. The Bertz CT molecular complexity index is 803. The van der Waals surface area contributed by atoms with Gasteiger partial charge in [0.15, 0.2) is 0 Å². The van der Waals surface area contributed by atoms with Crippen molar-refractivity contribution in [3.63, 3.8) is 0 Å². The average molecular weight is 459 g/mol. The highest BCUT2D eigenvalue weighted by atomic mass is 16.5. The number of aliphatic hydroxyl groups is 2. The molecule has 0 bridgehead atoms. The van der Waals surface area contributed by atoms with Crippen LogP contribution >= 0.6 is 0 Å². The Morgan fingerprint density at radius 2 is 1.58 bits per heavy atom. The van der Waals surface area contributed by atoms with Gasteiger partial charge in [-0.05, 0) is 120 Å². The minimum absolute atomic E-state index is 0.0970. The molecule has 4 aliphatic rings. The normalized spacial score (nSPS) is 47.0. The van der Waals surface area contributed by atoms with Gasteiger partial charge in [0.2, 0.25) is 0 Å². The fraction of sp³-hybridized carbons (Fsp3) is 0.867. The van der Waals surface area contributed by atoms with Crippen molar-refractivity contribution in [3.05, 3.63) is 23.3 Å². The van der Waals surface area contributed by atoms with Crippen LogP contribution in [0.15, 0.2) is 23.3 Å². The van der Waals surface area contributed by atoms with Crippen molar-refractivity contribution in [2.45, 2.75) is 130 Å². The zero-order valence-corrected chi connectivity index (χ0v) is 22.6. The molecule has 0 aromatic carbocycles. The van der Waals surface area contributed by atoms with E-state index in [4.69, 9.17) is 4.74 Å². The largest absolute Gasteiger partial charge is 0.390 e. The number of hydrogen-bond donors (Lipinski definition) is 2. The molecular formula is C30H50O3. The second kappa shape index (κ2) is 8.49. The number of rotatable bonds is 3. The first-order chi connectivity index (χ1) is 15.2. The van der Waals surface area contributed by atoms with Gasteiger partial charge < -0.3 is 14.9 Å². The topological polar surface area (TPSA) is 49.7 Å². The molecule has 8 atom stereocenters. The lowest BCUT2D eigenvalue weighted by Crippen LogP contribution is -2.56. The van der Waals surface area contributed by atoms with Crippen LogP contribution in [-0.2, 0) is 4.74 Å². The summed E-state index contributed by atoms with van der Waals surface area (Å²) in [5.41, 5.74) is 2.05. The lowest BCUT2D eigenvalue weighted by Gasteiger charge is -2.54. The van der Waals surface area contributed by atoms with Crippen molar-refractivity contribution in [2.24, 2.45) is 34.5 Å². The molecule has 2 N–H and O–H groups in total. The fourth-order valence-electron chi connectivity index (χ4n) is 8.62. The van der Waals surface area contributed by atoms with Crippen LogP contribution in [0.1, 0.15) is 107 Å². The molecule has 0 aromatic rings. The van der Waals surface area contributed by atoms with E-state index in [1.807, 2.05) is 13.8 Å². The van der Waals surface area contributed by atoms with Crippen LogP contribution in [0.5, 0.6) is 0 Å². The third-order valence-electron chi connectivity index (χ3n) is 11.0. The second-order valence-corrected chi connectivity index (χ2v) is 13.8. The molecule has 4 rings (SSSR count). The van der Waals surface area contributed by atoms with Crippen molar-refractivity contribution >= 4 is 0 Å². The summed E-state index contributed by atoms with van der Waals surface area (Å²) in [7, 11) is 0. The highest BCUT2D eigenvalue weighted by molar-refractivity contribution is 5.23. The smallest absolute Gasteiger partial charge is 0.0888 e. The first-order valence-corrected chi connectivity index (χ1v) is 13.6. The monoisotopic (exact) mass is 458 g/mol. The van der Waals surface area contributed by atoms with Crippen molar-refractivity contribution in [1.82, 2.24) is 0 Å². The summed E-state index contributed by atoms with van der Waals surface area (Å²) >= 11 is 0. The number of ether oxygens (including phenoxy) is 1. The molecule has 3 nitrogen and oxygen atoms in total. The van der Waals surface area contributed by atoms with E-state index in [0.29, 0.717) is 17.8 Å². The summed E-state index contributed by atoms with van der Waals surface area (Å²) in [6.07, 6.45) is 12.5. The Balaban J connectivity index is 1.59. The van der Waals surface area contributed by atoms with Gasteiger partial charge in [0, 0.05) is 0 Å². The summed E-state index contributed by atoms with van der Waals surface area (Å²) in [4.78, 5) is 0. The molecule has 1 aliphatic heterocycles. The summed E-state index contributed by atoms with van der Waals surface area (Å²) in [5, 5.41) is 22.4. The molecule has 1 saturated heterocycles. The van der Waals surface area contributed by atoms with Gasteiger partial charge >= 0.3 is 0 Å². The highest BCUT2D eigenvalue weighted by Crippen LogP contribution is 2.58. The van der Waals surface area contributed by atoms with Crippen LogP contribution in [0.4, 0.5) is 0 Å². The predicted octanol–water partition coefficient (Wildman–Crippen LogP) is 6.83. The summed E-state index contributed by atoms with van der Waals surface area (Å²) in [6, 6.07) is 0. The Hall–Kier alpha value is -0.640. The molecule has 188 valence electrons. The molecule has 0 amide bonds. The first kappa shape index (κ1) is 25.5. The number of aliphatic hydroxyl groups excluding tert-OH is 1. The molecule has 0 spiro atoms. The van der Waals surface area contributed by atoms with Gasteiger partial charge in [0.25, 0.3) is 0 Å². The minimum Gasteiger partial charge on any atom is -0.390 e. The van der Waals surface area contributed by atoms with Gasteiger partial charge in [-0.2, -0.15) is 0 Å². The molecule has 0 radical (unpaired) electrons. The van der Waals surface area contributed by atoms with Crippen molar-refractivity contribution in [3.8, 4) is 0 Å². The standard InChI is InChI=1S/C30H50O3/c1-19-10-12-23-21(19)11-9-20(2)22(27(23,3)4)13-14-24-29(7)17-15-25(31)28(5,6)33-26(29)16-18-30(24,8)32/h9-10,21-26,31-32H,11-18H2,1-8H3/t21-,22-,23+,24+,25+,26+,29+,30-/m1/s1. The molecule has 3 aliphatic carbocycles. The van der Waals surface area contributed by atoms with Crippen LogP contribution in [-0.4, -0.2) is 33.6 Å². The molecule has 0 aromatic heterocycles. The molecule has 1 heterocycles. The maximum atomic E-state index is 11.7. The van der Waals surface area contributed by atoms with E-state index < -0.39 is 17.3 Å². The second-order valence-electron chi connectivity index (χ2n) is 13.8. The van der Waals surface area contributed by atoms with E-state index in [2.05, 4.69) is 53.7 Å². The summed E-state index contributed by atoms with van der Waals surface area (Å²) < 4.78 is 6.60. The van der Waals surface area contributed by atoms with Crippen LogP contribution < -0.4 is 0 Å². The zero-order chi connectivity index (χ0) is 24.4. The van der Waals surface area contributed by atoms with Crippen LogP contribution in [0.3, 0.4) is 0 Å². The Morgan fingerprint density at radius 3 is 2.27 bits per heavy atom. The van der Waals surface area contributed by atoms with Crippen molar-refractivity contribution in [1.29, 1.82) is 0 Å². The maximum absolute atomic E-state index is 11.7. The third-order valence-corrected chi connectivity index (χ3v) is 11.0. The van der Waals surface area contributed by atoms with Crippen LogP contribution in [0, 0.1) is 34.5 Å². The molecule has 1 saturated carbocycles. The van der Waals surface area contributed by atoms with Gasteiger partial charge in [0.1, 0.15) is 0 Å². The predicted molar refractivity (Wildman–Crippen MR) is 136 cm³/mol. The highest BCUT2D eigenvalue weighted by Gasteiger charge is 2.57. The SMILES string of the molecule is CC1=CC[C@H]2[C@@H]1CC=C(C)[C@@H](CC[C@H]1[C@]3(C)CC[C@H](O)C(C)(C)O[C@H]3CC[C@@]1(C)O)C2(C)C. The molecular weight excluding hydrogens is 408 g/mol. The van der Waals surface area contributed by atoms with Gasteiger partial charge in [-0.15, -0.1) is 0 Å². The lowest BCUT2D eigenvalue weighted by molar-refractivity contribution is -0.206. The van der Waals surface area contributed by atoms with Crippen molar-refractivity contribution in [2.75, 3.05) is 0 Å². The molecule has 2 fully saturated rings. The van der Waals surface area contributed by atoms with E-state index in [0.717, 1.165) is 38.5 Å². The first-order valence-electron chi connectivity index (χ1n) is 13.6. The summed E-state index contributed by atoms with van der Waals surface area (Å²) in [6.45, 7) is 18.1. The van der Waals surface area contributed by atoms with E-state index >= 15 is 0 Å². The number of fused-ring (bicyclic) bond motifs is 2. The van der Waals surface area contributed by atoms with Gasteiger partial charge in [-0.1, -0.05) is 44.1 Å². The van der Waals surface area contributed by atoms with Crippen molar-refractivity contribution < 1.29 is 14.9 Å². The Kier molecular flexibility index (Phi) is 6.55. The zero-order valence-electron chi connectivity index (χ0n) is 22.6. The average Bonchev–Trinajstić information content (AvgIpc) is 3.01. The summed E-state index contributed by atoms with van der Waals surface area (Å²) in [5.74, 6) is 2.12. The molecule has 33 heavy (non-hydrogen) atoms. The molecule has 0 unspecified atom stereocenters. The van der Waals surface area contributed by atoms with Gasteiger partial charge in [0.05, 0.1) is 23.4 Å². The van der Waals surface area contributed by atoms with Crippen LogP contribution in [0.25, 0.3) is 0 Å². The quantitative estimate of drug-likeness (QED) is 0.456. The number of allylic oxidation sites excluding steroid dienone is 4. The lowest BCUT2D eigenvalue weighted by atomic mass is 9.55. The van der Waals surface area contributed by atoms with Crippen LogP contribution in [0.2, 0.25) is 0 Å². The Morgan fingerprint density at radius 1 is 0.909 bits per heavy atom. The van der Waals surface area contributed by atoms with E-state index in [-0.39, 0.29) is 22.9 Å². The maximum Gasteiger partial charge on any atom is 0.0888 e. The third kappa shape index (κ3) is 4.29. The van der Waals surface area contributed by atoms with Gasteiger partial charge in [-0.3, -0.25) is 0 Å². The molecule has 3 heteroatoms. The fourth-order valence-corrected chi connectivity index (χ4v) is 8.62. The van der Waals surface area contributed by atoms with E-state index in [1.165, 1.54) is 12.8 Å². The Labute approximate surface area is 203 Å². The van der Waals surface area contributed by atoms with E-state index in [9.17, 15) is 10.2 Å². The van der Waals surface area contributed by atoms with E-state index in [1.54, 1.807) is 11.1 Å². The van der Waals surface area contributed by atoms with Gasteiger partial charge in [-0.25, -0.2) is 0 Å².